The van der Waals surface area contributed by atoms with Crippen molar-refractivity contribution in [1.29, 1.82) is 0 Å². The Hall–Kier alpha value is -1.30. The van der Waals surface area contributed by atoms with Crippen LogP contribution in [0, 0.1) is 6.92 Å². The highest BCUT2D eigenvalue weighted by Crippen LogP contribution is 2.39. The molecular weight excluding hydrogens is 250 g/mol. The highest BCUT2D eigenvalue weighted by molar-refractivity contribution is 7.99. The fourth-order valence-electron chi connectivity index (χ4n) is 1.53. The maximum atomic E-state index is 11.0. The first-order chi connectivity index (χ1) is 8.61. The van der Waals surface area contributed by atoms with Crippen LogP contribution in [-0.2, 0) is 9.53 Å². The summed E-state index contributed by atoms with van der Waals surface area (Å²) in [5, 5.41) is 0.883. The SMILES string of the molecule is COC(=O)CCSc1nc(C2CC2)nc(N)c1C. The predicted molar refractivity (Wildman–Crippen MR) is 70.5 cm³/mol. The molecule has 5 nitrogen and oxygen atoms in total. The minimum Gasteiger partial charge on any atom is -0.469 e. The van der Waals surface area contributed by atoms with Crippen molar-refractivity contribution in [2.45, 2.75) is 37.1 Å². The molecule has 1 saturated carbocycles. The largest absolute Gasteiger partial charge is 0.469 e. The minimum atomic E-state index is -0.204. The number of nitrogens with two attached hydrogens (primary N) is 1. The van der Waals surface area contributed by atoms with Crippen LogP contribution < -0.4 is 5.73 Å². The Bertz CT molecular complexity index is 461. The van der Waals surface area contributed by atoms with Gasteiger partial charge in [-0.15, -0.1) is 11.8 Å². The zero-order valence-electron chi connectivity index (χ0n) is 10.6. The van der Waals surface area contributed by atoms with E-state index in [4.69, 9.17) is 5.73 Å². The van der Waals surface area contributed by atoms with E-state index in [2.05, 4.69) is 14.7 Å². The van der Waals surface area contributed by atoms with E-state index in [9.17, 15) is 4.79 Å². The predicted octanol–water partition coefficient (Wildman–Crippen LogP) is 1.90. The number of carbonyl (C=O) groups is 1. The van der Waals surface area contributed by atoms with Gasteiger partial charge in [-0.1, -0.05) is 0 Å². The molecule has 18 heavy (non-hydrogen) atoms. The van der Waals surface area contributed by atoms with Crippen LogP contribution in [0.1, 0.15) is 36.6 Å². The number of hydrogen-bond donors (Lipinski definition) is 1. The van der Waals surface area contributed by atoms with E-state index in [0.29, 0.717) is 23.9 Å². The molecule has 0 aliphatic heterocycles. The summed E-state index contributed by atoms with van der Waals surface area (Å²) < 4.78 is 4.60. The Labute approximate surface area is 111 Å². The van der Waals surface area contributed by atoms with Crippen molar-refractivity contribution in [1.82, 2.24) is 9.97 Å². The second-order valence-corrected chi connectivity index (χ2v) is 5.43. The lowest BCUT2D eigenvalue weighted by molar-refractivity contribution is -0.140. The van der Waals surface area contributed by atoms with Gasteiger partial charge >= 0.3 is 5.97 Å². The molecule has 1 aromatic heterocycles. The average molecular weight is 267 g/mol. The van der Waals surface area contributed by atoms with Gasteiger partial charge in [0.1, 0.15) is 16.7 Å². The lowest BCUT2D eigenvalue weighted by Gasteiger charge is -2.08. The van der Waals surface area contributed by atoms with E-state index in [-0.39, 0.29) is 5.97 Å². The number of esters is 1. The Morgan fingerprint density at radius 2 is 2.22 bits per heavy atom. The standard InChI is InChI=1S/C12H17N3O2S/c1-7-10(13)14-11(8-3-4-8)15-12(7)18-6-5-9(16)17-2/h8H,3-6H2,1-2H3,(H2,13,14,15). The third-order valence-electron chi connectivity index (χ3n) is 2.87. The van der Waals surface area contributed by atoms with Crippen molar-refractivity contribution in [2.75, 3.05) is 18.6 Å². The second kappa shape index (κ2) is 5.56. The number of nitrogen functional groups attached to an aromatic ring is 1. The lowest BCUT2D eigenvalue weighted by atomic mass is 10.3. The van der Waals surface area contributed by atoms with Gasteiger partial charge < -0.3 is 10.5 Å². The number of anilines is 1. The fourth-order valence-corrected chi connectivity index (χ4v) is 2.47. The smallest absolute Gasteiger partial charge is 0.306 e. The molecule has 2 N–H and O–H groups in total. The van der Waals surface area contributed by atoms with E-state index >= 15 is 0 Å². The quantitative estimate of drug-likeness (QED) is 0.499. The molecule has 0 spiro atoms. The highest BCUT2D eigenvalue weighted by atomic mass is 32.2. The average Bonchev–Trinajstić information content (AvgIpc) is 3.18. The summed E-state index contributed by atoms with van der Waals surface area (Å²) >= 11 is 1.53. The van der Waals surface area contributed by atoms with Crippen LogP contribution >= 0.6 is 11.8 Å². The summed E-state index contributed by atoms with van der Waals surface area (Å²) in [6.07, 6.45) is 2.67. The number of carbonyl (C=O) groups excluding carboxylic acids is 1. The van der Waals surface area contributed by atoms with Crippen LogP contribution in [0.4, 0.5) is 5.82 Å². The zero-order chi connectivity index (χ0) is 13.1. The van der Waals surface area contributed by atoms with Gasteiger partial charge in [-0.3, -0.25) is 4.79 Å². The molecule has 2 rings (SSSR count). The van der Waals surface area contributed by atoms with Crippen molar-refractivity contribution in [3.63, 3.8) is 0 Å². The van der Waals surface area contributed by atoms with Gasteiger partial charge in [0.2, 0.25) is 0 Å². The molecule has 0 bridgehead atoms. The molecular formula is C12H17N3O2S. The molecule has 0 amide bonds. The highest BCUT2D eigenvalue weighted by Gasteiger charge is 2.27. The van der Waals surface area contributed by atoms with Crippen LogP contribution in [0.15, 0.2) is 5.03 Å². The number of nitrogens with zero attached hydrogens (tertiary/aromatic N) is 2. The molecule has 0 unspecified atom stereocenters. The van der Waals surface area contributed by atoms with Crippen LogP contribution in [0.2, 0.25) is 0 Å². The number of thioether (sulfide) groups is 1. The van der Waals surface area contributed by atoms with Crippen LogP contribution in [0.5, 0.6) is 0 Å². The van der Waals surface area contributed by atoms with Gasteiger partial charge in [-0.2, -0.15) is 0 Å². The van der Waals surface area contributed by atoms with Crippen LogP contribution in [0.25, 0.3) is 0 Å². The number of methoxy groups -OCH3 is 1. The topological polar surface area (TPSA) is 78.1 Å². The van der Waals surface area contributed by atoms with E-state index in [1.54, 1.807) is 0 Å². The number of ether oxygens (including phenoxy) is 1. The van der Waals surface area contributed by atoms with E-state index in [1.165, 1.54) is 18.9 Å². The first kappa shape index (κ1) is 13.1. The monoisotopic (exact) mass is 267 g/mol. The maximum absolute atomic E-state index is 11.0. The van der Waals surface area contributed by atoms with Crippen molar-refractivity contribution >= 4 is 23.5 Å². The second-order valence-electron chi connectivity index (χ2n) is 4.35. The Morgan fingerprint density at radius 3 is 2.83 bits per heavy atom. The fraction of sp³-hybridized carbons (Fsp3) is 0.583. The van der Waals surface area contributed by atoms with Gasteiger partial charge in [0.05, 0.1) is 13.5 Å². The lowest BCUT2D eigenvalue weighted by Crippen LogP contribution is -2.05. The molecule has 98 valence electrons. The summed E-state index contributed by atoms with van der Waals surface area (Å²) in [7, 11) is 1.39. The van der Waals surface area contributed by atoms with Gasteiger partial charge in [-0.05, 0) is 19.8 Å². The zero-order valence-corrected chi connectivity index (χ0v) is 11.4. The third kappa shape index (κ3) is 3.13. The molecule has 1 aliphatic rings. The number of hydrogen-bond acceptors (Lipinski definition) is 6. The van der Waals surface area contributed by atoms with Crippen LogP contribution in [0.3, 0.4) is 0 Å². The van der Waals surface area contributed by atoms with Gasteiger partial charge in [-0.25, -0.2) is 9.97 Å². The molecule has 0 aromatic carbocycles. The molecule has 1 aliphatic carbocycles. The number of aromatic nitrogens is 2. The summed E-state index contributed by atoms with van der Waals surface area (Å²) in [6, 6.07) is 0. The summed E-state index contributed by atoms with van der Waals surface area (Å²) in [4.78, 5) is 19.9. The summed E-state index contributed by atoms with van der Waals surface area (Å²) in [6.45, 7) is 1.91. The Balaban J connectivity index is 2.04. The Morgan fingerprint density at radius 1 is 1.50 bits per heavy atom. The van der Waals surface area contributed by atoms with Gasteiger partial charge in [0, 0.05) is 17.2 Å². The van der Waals surface area contributed by atoms with Gasteiger partial charge in [0.25, 0.3) is 0 Å². The first-order valence-electron chi connectivity index (χ1n) is 5.95. The van der Waals surface area contributed by atoms with Crippen LogP contribution in [-0.4, -0.2) is 28.8 Å². The molecule has 6 heteroatoms. The van der Waals surface area contributed by atoms with Crippen molar-refractivity contribution < 1.29 is 9.53 Å². The Kier molecular flexibility index (Phi) is 4.06. The maximum Gasteiger partial charge on any atom is 0.306 e. The first-order valence-corrected chi connectivity index (χ1v) is 6.94. The molecule has 0 saturated heterocycles. The summed E-state index contributed by atoms with van der Waals surface area (Å²) in [5.74, 6) is 2.32. The molecule has 0 atom stereocenters. The van der Waals surface area contributed by atoms with Crippen molar-refractivity contribution in [2.24, 2.45) is 0 Å². The van der Waals surface area contributed by atoms with E-state index in [0.717, 1.165) is 29.3 Å². The van der Waals surface area contributed by atoms with E-state index < -0.39 is 0 Å². The molecule has 0 radical (unpaired) electrons. The molecule has 1 fully saturated rings. The third-order valence-corrected chi connectivity index (χ3v) is 3.95. The molecule has 1 heterocycles. The van der Waals surface area contributed by atoms with Crippen molar-refractivity contribution in [3.05, 3.63) is 11.4 Å². The minimum absolute atomic E-state index is 0.204. The number of rotatable bonds is 5. The van der Waals surface area contributed by atoms with Crippen molar-refractivity contribution in [3.8, 4) is 0 Å². The molecule has 1 aromatic rings. The van der Waals surface area contributed by atoms with E-state index in [1.807, 2.05) is 6.92 Å². The van der Waals surface area contributed by atoms with Gasteiger partial charge in [0.15, 0.2) is 0 Å². The summed E-state index contributed by atoms with van der Waals surface area (Å²) in [5.41, 5.74) is 6.79. The normalized spacial score (nSPS) is 14.6.